The number of urea groups is 1. The lowest BCUT2D eigenvalue weighted by Crippen LogP contribution is -2.44. The number of benzene rings is 1. The molecule has 0 radical (unpaired) electrons. The molecule has 1 aromatic carbocycles. The number of amides is 2. The average molecular weight is 304 g/mol. The van der Waals surface area contributed by atoms with Crippen molar-refractivity contribution in [2.24, 2.45) is 0 Å². The van der Waals surface area contributed by atoms with Crippen molar-refractivity contribution in [3.63, 3.8) is 0 Å². The van der Waals surface area contributed by atoms with Crippen LogP contribution in [0.2, 0.25) is 0 Å². The maximum Gasteiger partial charge on any atom is 0.416 e. The van der Waals surface area contributed by atoms with Crippen LogP contribution in [-0.4, -0.2) is 35.5 Å². The summed E-state index contributed by atoms with van der Waals surface area (Å²) in [6, 6.07) is 4.66. The molecule has 1 aromatic rings. The fourth-order valence-electron chi connectivity index (χ4n) is 1.87. The SMILES string of the molecule is O=C(NCc1ccc(C(F)(F)F)cc1)N1CCSCC1. The Labute approximate surface area is 119 Å². The Kier molecular flexibility index (Phi) is 4.80. The number of hydrogen-bond acceptors (Lipinski definition) is 2. The fourth-order valence-corrected chi connectivity index (χ4v) is 2.77. The maximum atomic E-state index is 12.4. The molecule has 1 aliphatic rings. The van der Waals surface area contributed by atoms with Crippen LogP contribution in [-0.2, 0) is 12.7 Å². The normalized spacial score (nSPS) is 16.1. The van der Waals surface area contributed by atoms with Crippen molar-refractivity contribution in [1.29, 1.82) is 0 Å². The first kappa shape index (κ1) is 15.0. The van der Waals surface area contributed by atoms with E-state index >= 15 is 0 Å². The van der Waals surface area contributed by atoms with Gasteiger partial charge in [-0.2, -0.15) is 24.9 Å². The van der Waals surface area contributed by atoms with Crippen LogP contribution in [0.5, 0.6) is 0 Å². The topological polar surface area (TPSA) is 32.3 Å². The Hall–Kier alpha value is -1.37. The number of alkyl halides is 3. The Morgan fingerprint density at radius 1 is 1.20 bits per heavy atom. The molecule has 1 saturated heterocycles. The van der Waals surface area contributed by atoms with Crippen LogP contribution in [0.4, 0.5) is 18.0 Å². The van der Waals surface area contributed by atoms with E-state index in [4.69, 9.17) is 0 Å². The number of rotatable bonds is 2. The third-order valence-electron chi connectivity index (χ3n) is 3.02. The smallest absolute Gasteiger partial charge is 0.334 e. The quantitative estimate of drug-likeness (QED) is 0.911. The first-order valence-corrected chi connectivity index (χ1v) is 7.39. The molecular weight excluding hydrogens is 289 g/mol. The molecule has 2 rings (SSSR count). The Bertz CT molecular complexity index is 456. The largest absolute Gasteiger partial charge is 0.416 e. The van der Waals surface area contributed by atoms with Gasteiger partial charge in [-0.05, 0) is 17.7 Å². The minimum Gasteiger partial charge on any atom is -0.334 e. The molecular formula is C13H15F3N2OS. The zero-order valence-corrected chi connectivity index (χ0v) is 11.6. The van der Waals surface area contributed by atoms with Crippen LogP contribution in [0.1, 0.15) is 11.1 Å². The second-order valence-electron chi connectivity index (χ2n) is 4.45. The number of carbonyl (C=O) groups excluding carboxylic acids is 1. The molecule has 110 valence electrons. The zero-order valence-electron chi connectivity index (χ0n) is 10.7. The lowest BCUT2D eigenvalue weighted by Gasteiger charge is -2.26. The minimum absolute atomic E-state index is 0.162. The number of carbonyl (C=O) groups is 1. The summed E-state index contributed by atoms with van der Waals surface area (Å²) in [4.78, 5) is 13.5. The summed E-state index contributed by atoms with van der Waals surface area (Å²) < 4.78 is 37.2. The monoisotopic (exact) mass is 304 g/mol. The highest BCUT2D eigenvalue weighted by atomic mass is 32.2. The Morgan fingerprint density at radius 3 is 2.35 bits per heavy atom. The van der Waals surface area contributed by atoms with E-state index in [9.17, 15) is 18.0 Å². The van der Waals surface area contributed by atoms with Crippen molar-refractivity contribution < 1.29 is 18.0 Å². The third kappa shape index (κ3) is 4.06. The van der Waals surface area contributed by atoms with Gasteiger partial charge in [0.05, 0.1) is 5.56 Å². The number of nitrogens with zero attached hydrogens (tertiary/aromatic N) is 1. The minimum atomic E-state index is -4.33. The van der Waals surface area contributed by atoms with Crippen LogP contribution in [0.3, 0.4) is 0 Å². The summed E-state index contributed by atoms with van der Waals surface area (Å²) in [5.74, 6) is 1.85. The standard InChI is InChI=1S/C13H15F3N2OS/c14-13(15,16)11-3-1-10(2-4-11)9-17-12(19)18-5-7-20-8-6-18/h1-4H,5-9H2,(H,17,19). The predicted molar refractivity (Wildman–Crippen MR) is 72.6 cm³/mol. The van der Waals surface area contributed by atoms with Crippen LogP contribution in [0, 0.1) is 0 Å². The van der Waals surface area contributed by atoms with Crippen molar-refractivity contribution in [2.75, 3.05) is 24.6 Å². The van der Waals surface area contributed by atoms with E-state index in [1.54, 1.807) is 16.7 Å². The summed E-state index contributed by atoms with van der Waals surface area (Å²) in [5, 5.41) is 2.72. The molecule has 1 heterocycles. The van der Waals surface area contributed by atoms with Gasteiger partial charge in [-0.1, -0.05) is 12.1 Å². The molecule has 7 heteroatoms. The molecule has 20 heavy (non-hydrogen) atoms. The van der Waals surface area contributed by atoms with Crippen LogP contribution in [0.25, 0.3) is 0 Å². The molecule has 0 unspecified atom stereocenters. The van der Waals surface area contributed by atoms with Gasteiger partial charge in [0.15, 0.2) is 0 Å². The fraction of sp³-hybridized carbons (Fsp3) is 0.462. The van der Waals surface area contributed by atoms with Gasteiger partial charge in [0.1, 0.15) is 0 Å². The Morgan fingerprint density at radius 2 is 1.80 bits per heavy atom. The van der Waals surface area contributed by atoms with Crippen LogP contribution in [0.15, 0.2) is 24.3 Å². The molecule has 0 bridgehead atoms. The van der Waals surface area contributed by atoms with Gasteiger partial charge in [0, 0.05) is 31.1 Å². The van der Waals surface area contributed by atoms with Gasteiger partial charge < -0.3 is 10.2 Å². The average Bonchev–Trinajstić information content (AvgIpc) is 2.45. The molecule has 1 N–H and O–H groups in total. The van der Waals surface area contributed by atoms with Crippen molar-refractivity contribution in [3.8, 4) is 0 Å². The van der Waals surface area contributed by atoms with Gasteiger partial charge >= 0.3 is 12.2 Å². The predicted octanol–water partition coefficient (Wildman–Crippen LogP) is 2.96. The van der Waals surface area contributed by atoms with Crippen molar-refractivity contribution in [1.82, 2.24) is 10.2 Å². The van der Waals surface area contributed by atoms with E-state index in [-0.39, 0.29) is 12.6 Å². The van der Waals surface area contributed by atoms with Crippen LogP contribution >= 0.6 is 11.8 Å². The highest BCUT2D eigenvalue weighted by molar-refractivity contribution is 7.99. The molecule has 0 aliphatic carbocycles. The molecule has 0 spiro atoms. The molecule has 0 aromatic heterocycles. The molecule has 1 aliphatic heterocycles. The van der Waals surface area contributed by atoms with E-state index in [1.165, 1.54) is 12.1 Å². The van der Waals surface area contributed by atoms with E-state index in [0.717, 1.165) is 23.6 Å². The molecule has 0 atom stereocenters. The molecule has 2 amide bonds. The summed E-state index contributed by atoms with van der Waals surface area (Å²) in [5.41, 5.74) is -0.0293. The summed E-state index contributed by atoms with van der Waals surface area (Å²) in [6.45, 7) is 1.66. The third-order valence-corrected chi connectivity index (χ3v) is 3.97. The lowest BCUT2D eigenvalue weighted by atomic mass is 10.1. The first-order valence-electron chi connectivity index (χ1n) is 6.23. The van der Waals surface area contributed by atoms with Crippen molar-refractivity contribution in [2.45, 2.75) is 12.7 Å². The van der Waals surface area contributed by atoms with E-state index in [2.05, 4.69) is 5.32 Å². The zero-order chi connectivity index (χ0) is 14.6. The van der Waals surface area contributed by atoms with E-state index in [1.807, 2.05) is 0 Å². The second kappa shape index (κ2) is 6.39. The Balaban J connectivity index is 1.86. The van der Waals surface area contributed by atoms with Crippen LogP contribution < -0.4 is 5.32 Å². The lowest BCUT2D eigenvalue weighted by molar-refractivity contribution is -0.137. The van der Waals surface area contributed by atoms with E-state index < -0.39 is 11.7 Å². The maximum absolute atomic E-state index is 12.4. The number of hydrogen-bond donors (Lipinski definition) is 1. The highest BCUT2D eigenvalue weighted by Crippen LogP contribution is 2.29. The van der Waals surface area contributed by atoms with Gasteiger partial charge in [-0.3, -0.25) is 0 Å². The number of nitrogens with one attached hydrogen (secondary N) is 1. The van der Waals surface area contributed by atoms with Gasteiger partial charge in [-0.15, -0.1) is 0 Å². The highest BCUT2D eigenvalue weighted by Gasteiger charge is 2.29. The molecule has 3 nitrogen and oxygen atoms in total. The summed E-state index contributed by atoms with van der Waals surface area (Å²) in [6.07, 6.45) is -4.33. The second-order valence-corrected chi connectivity index (χ2v) is 5.68. The number of thioether (sulfide) groups is 1. The summed E-state index contributed by atoms with van der Waals surface area (Å²) >= 11 is 1.81. The van der Waals surface area contributed by atoms with E-state index in [0.29, 0.717) is 18.7 Å². The first-order chi connectivity index (χ1) is 9.47. The van der Waals surface area contributed by atoms with Crippen molar-refractivity contribution in [3.05, 3.63) is 35.4 Å². The van der Waals surface area contributed by atoms with Crippen molar-refractivity contribution >= 4 is 17.8 Å². The molecule has 0 saturated carbocycles. The molecule has 1 fully saturated rings. The van der Waals surface area contributed by atoms with Gasteiger partial charge in [0.2, 0.25) is 0 Å². The number of halogens is 3. The van der Waals surface area contributed by atoms with Gasteiger partial charge in [-0.25, -0.2) is 4.79 Å². The summed E-state index contributed by atoms with van der Waals surface area (Å²) in [7, 11) is 0. The van der Waals surface area contributed by atoms with Gasteiger partial charge in [0.25, 0.3) is 0 Å².